The molecule has 0 atom stereocenters. The second-order valence-electron chi connectivity index (χ2n) is 3.85. The number of aryl methyl sites for hydroxylation is 1. The van der Waals surface area contributed by atoms with Crippen molar-refractivity contribution >= 4 is 36.5 Å². The van der Waals surface area contributed by atoms with E-state index in [2.05, 4.69) is 20.4 Å². The average Bonchev–Trinajstić information content (AvgIpc) is 2.42. The van der Waals surface area contributed by atoms with E-state index in [-0.39, 0.29) is 49.8 Å². The van der Waals surface area contributed by atoms with Crippen LogP contribution in [0.25, 0.3) is 0 Å². The monoisotopic (exact) mass is 387 g/mol. The maximum atomic E-state index is 8.45. The Kier molecular flexibility index (Phi) is 27.0. The van der Waals surface area contributed by atoms with Crippen LogP contribution in [0.4, 0.5) is 0 Å². The molecule has 0 fully saturated rings. The molecule has 24 heavy (non-hydrogen) atoms. The van der Waals surface area contributed by atoms with Gasteiger partial charge in [-0.05, 0) is 20.8 Å². The van der Waals surface area contributed by atoms with Crippen LogP contribution in [0.15, 0.2) is 0 Å². The van der Waals surface area contributed by atoms with Gasteiger partial charge in [0.1, 0.15) is 0 Å². The molecule has 0 aliphatic heterocycles. The van der Waals surface area contributed by atoms with E-state index in [1.807, 2.05) is 6.92 Å². The molecule has 1 aromatic heterocycles. The molecule has 12 heteroatoms. The van der Waals surface area contributed by atoms with Crippen molar-refractivity contribution in [2.24, 2.45) is 5.73 Å². The second kappa shape index (κ2) is 21.4. The Morgan fingerprint density at radius 3 is 1.88 bits per heavy atom. The number of nitrogens with zero attached hydrogens (tertiary/aromatic N) is 4. The van der Waals surface area contributed by atoms with E-state index in [1.54, 1.807) is 6.92 Å². The molecule has 10 nitrogen and oxygen atoms in total. The number of hydrogen-bond donors (Lipinski definition) is 5. The fourth-order valence-corrected chi connectivity index (χ4v) is 0.848. The Balaban J connectivity index is -0.000000130. The summed E-state index contributed by atoms with van der Waals surface area (Å²) in [6, 6.07) is 0. The zero-order chi connectivity index (χ0) is 17.4. The zero-order valence-corrected chi connectivity index (χ0v) is 15.7. The molecule has 1 heterocycles. The summed E-state index contributed by atoms with van der Waals surface area (Å²) in [5, 5.41) is 44.6. The van der Waals surface area contributed by atoms with E-state index in [9.17, 15) is 0 Å². The van der Waals surface area contributed by atoms with Gasteiger partial charge >= 0.3 is 0 Å². The summed E-state index contributed by atoms with van der Waals surface area (Å²) in [7, 11) is 0. The minimum Gasteiger partial charge on any atom is -0.481 e. The summed E-state index contributed by atoms with van der Waals surface area (Å²) in [5.41, 5.74) is 4.69. The molecular formula is C12H27Cl2N7O3. The molecule has 0 saturated carbocycles. The molecule has 0 saturated heterocycles. The molecular weight excluding hydrogens is 361 g/mol. The maximum absolute atomic E-state index is 8.45. The molecule has 0 bridgehead atoms. The van der Waals surface area contributed by atoms with E-state index in [0.29, 0.717) is 31.1 Å². The van der Waals surface area contributed by atoms with Crippen molar-refractivity contribution in [3.8, 4) is 0 Å². The largest absolute Gasteiger partial charge is 0.481 e. The molecule has 142 valence electrons. The number of halogens is 2. The maximum Gasteiger partial charge on any atom is 0.182 e. The van der Waals surface area contributed by atoms with Gasteiger partial charge in [-0.1, -0.05) is 0 Å². The van der Waals surface area contributed by atoms with Crippen LogP contribution >= 0.6 is 24.8 Å². The SMILES string of the molecule is CC(=N)N.CCOC(=N)CCO.Cc1nnc(CCO)nn1.Cl.Cl. The summed E-state index contributed by atoms with van der Waals surface area (Å²) >= 11 is 0. The van der Waals surface area contributed by atoms with Crippen LogP contribution in [0.5, 0.6) is 0 Å². The summed E-state index contributed by atoms with van der Waals surface area (Å²) in [4.78, 5) is 0. The van der Waals surface area contributed by atoms with Crippen LogP contribution < -0.4 is 5.73 Å². The summed E-state index contributed by atoms with van der Waals surface area (Å²) in [5.74, 6) is 1.35. The lowest BCUT2D eigenvalue weighted by Gasteiger charge is -1.99. The molecule has 1 rings (SSSR count). The number of nitrogens with one attached hydrogen (secondary N) is 2. The van der Waals surface area contributed by atoms with Gasteiger partial charge in [0.2, 0.25) is 0 Å². The smallest absolute Gasteiger partial charge is 0.182 e. The van der Waals surface area contributed by atoms with E-state index in [1.165, 1.54) is 6.92 Å². The first-order valence-electron chi connectivity index (χ1n) is 6.62. The minimum atomic E-state index is -0.00116. The molecule has 0 amide bonds. The van der Waals surface area contributed by atoms with Gasteiger partial charge in [-0.3, -0.25) is 10.8 Å². The van der Waals surface area contributed by atoms with Crippen molar-refractivity contribution in [3.05, 3.63) is 11.6 Å². The van der Waals surface area contributed by atoms with Crippen molar-refractivity contribution < 1.29 is 14.9 Å². The van der Waals surface area contributed by atoms with E-state index in [0.717, 1.165) is 0 Å². The second-order valence-corrected chi connectivity index (χ2v) is 3.85. The summed E-state index contributed by atoms with van der Waals surface area (Å²) < 4.78 is 4.71. The lowest BCUT2D eigenvalue weighted by Crippen LogP contribution is -2.04. The van der Waals surface area contributed by atoms with Gasteiger partial charge in [0.05, 0.1) is 25.7 Å². The van der Waals surface area contributed by atoms with Gasteiger partial charge in [0.25, 0.3) is 0 Å². The number of aliphatic hydroxyl groups is 2. The minimum absolute atomic E-state index is 0. The summed E-state index contributed by atoms with van der Waals surface area (Å²) in [6.45, 7) is 5.60. The van der Waals surface area contributed by atoms with Crippen molar-refractivity contribution in [1.29, 1.82) is 10.8 Å². The first-order valence-corrected chi connectivity index (χ1v) is 6.62. The average molecular weight is 388 g/mol. The van der Waals surface area contributed by atoms with Crippen molar-refractivity contribution in [2.45, 2.75) is 33.6 Å². The number of aromatic nitrogens is 4. The number of ether oxygens (including phenoxy) is 1. The third-order valence-corrected chi connectivity index (χ3v) is 1.61. The topological polar surface area (TPSA) is 175 Å². The van der Waals surface area contributed by atoms with Crippen LogP contribution in [0.1, 0.15) is 31.9 Å². The highest BCUT2D eigenvalue weighted by Gasteiger charge is 1.95. The van der Waals surface area contributed by atoms with Gasteiger partial charge in [-0.25, -0.2) is 0 Å². The quantitative estimate of drug-likeness (QED) is 0.353. The third kappa shape index (κ3) is 25.3. The number of hydrogen-bond acceptors (Lipinski definition) is 9. The molecule has 1 aromatic rings. The summed E-state index contributed by atoms with van der Waals surface area (Å²) in [6.07, 6.45) is 0.744. The van der Waals surface area contributed by atoms with Gasteiger partial charge in [0, 0.05) is 12.8 Å². The van der Waals surface area contributed by atoms with Crippen LogP contribution in [0.3, 0.4) is 0 Å². The van der Waals surface area contributed by atoms with Crippen molar-refractivity contribution in [3.63, 3.8) is 0 Å². The predicted molar refractivity (Wildman–Crippen MR) is 96.3 cm³/mol. The predicted octanol–water partition coefficient (Wildman–Crippen LogP) is 0.278. The van der Waals surface area contributed by atoms with Gasteiger partial charge in [0.15, 0.2) is 17.5 Å². The van der Waals surface area contributed by atoms with Crippen LogP contribution in [0, 0.1) is 17.7 Å². The first kappa shape index (κ1) is 30.3. The lowest BCUT2D eigenvalue weighted by molar-refractivity contribution is 0.271. The molecule has 0 spiro atoms. The van der Waals surface area contributed by atoms with Crippen LogP contribution in [-0.2, 0) is 11.2 Å². The number of aliphatic hydroxyl groups excluding tert-OH is 2. The van der Waals surface area contributed by atoms with Gasteiger partial charge in [-0.2, -0.15) is 0 Å². The normalized spacial score (nSPS) is 8.04. The Hall–Kier alpha value is -1.62. The molecule has 6 N–H and O–H groups in total. The van der Waals surface area contributed by atoms with E-state index < -0.39 is 0 Å². The van der Waals surface area contributed by atoms with Crippen LogP contribution in [0.2, 0.25) is 0 Å². The Morgan fingerprint density at radius 1 is 1.08 bits per heavy atom. The van der Waals surface area contributed by atoms with Crippen LogP contribution in [-0.4, -0.2) is 62.2 Å². The fraction of sp³-hybridized carbons (Fsp3) is 0.667. The Morgan fingerprint density at radius 2 is 1.54 bits per heavy atom. The fourth-order valence-electron chi connectivity index (χ4n) is 0.848. The standard InChI is InChI=1S/C5H8N4O.C5H11NO2.C2H6N2.2ClH/c1-4-6-8-5(2-3-10)9-7-4;1-2-8-5(6)3-4-7;1-2(3)4;;/h10H,2-3H2,1H3;6-7H,2-4H2,1H3;1H3,(H3,3,4);2*1H. The number of rotatable bonds is 5. The number of amidine groups is 1. The first-order chi connectivity index (χ1) is 10.4. The molecule has 0 aliphatic carbocycles. The molecule has 0 aliphatic rings. The highest BCUT2D eigenvalue weighted by Crippen LogP contribution is 1.85. The van der Waals surface area contributed by atoms with E-state index >= 15 is 0 Å². The Bertz CT molecular complexity index is 410. The highest BCUT2D eigenvalue weighted by molar-refractivity contribution is 5.85. The van der Waals surface area contributed by atoms with Gasteiger partial charge < -0.3 is 20.7 Å². The Labute approximate surface area is 154 Å². The lowest BCUT2D eigenvalue weighted by atomic mass is 10.4. The highest BCUT2D eigenvalue weighted by atomic mass is 35.5. The number of nitrogens with two attached hydrogens (primary N) is 1. The molecule has 0 radical (unpaired) electrons. The van der Waals surface area contributed by atoms with Gasteiger partial charge in [-0.15, -0.1) is 45.2 Å². The zero-order valence-electron chi connectivity index (χ0n) is 14.0. The van der Waals surface area contributed by atoms with Crippen molar-refractivity contribution in [2.75, 3.05) is 19.8 Å². The molecule has 0 aromatic carbocycles. The van der Waals surface area contributed by atoms with E-state index in [4.69, 9.17) is 31.5 Å². The molecule has 0 unspecified atom stereocenters. The van der Waals surface area contributed by atoms with Crippen molar-refractivity contribution in [1.82, 2.24) is 20.4 Å². The third-order valence-electron chi connectivity index (χ3n) is 1.61.